The Morgan fingerprint density at radius 2 is 1.94 bits per heavy atom. The average Bonchev–Trinajstić information content (AvgIpc) is 2.41. The molecule has 16 heavy (non-hydrogen) atoms. The van der Waals surface area contributed by atoms with E-state index in [4.69, 9.17) is 23.2 Å². The number of pyridine rings is 1. The highest BCUT2D eigenvalue weighted by Gasteiger charge is 2.20. The lowest BCUT2D eigenvalue weighted by Gasteiger charge is -2.04. The minimum absolute atomic E-state index is 0.256. The molecule has 0 saturated carbocycles. The van der Waals surface area contributed by atoms with Gasteiger partial charge in [-0.3, -0.25) is 9.48 Å². The number of carbonyl (C=O) groups excluding carboxylic acids is 1. The van der Waals surface area contributed by atoms with Crippen LogP contribution in [0.4, 0.5) is 0 Å². The van der Waals surface area contributed by atoms with Gasteiger partial charge in [0.25, 0.3) is 5.24 Å². The van der Waals surface area contributed by atoms with Gasteiger partial charge in [0.1, 0.15) is 0 Å². The van der Waals surface area contributed by atoms with Gasteiger partial charge < -0.3 is 0 Å². The molecule has 2 heterocycles. The second-order valence-electron chi connectivity index (χ2n) is 3.57. The molecule has 0 atom stereocenters. The molecule has 0 bridgehead atoms. The molecule has 0 aromatic carbocycles. The van der Waals surface area contributed by atoms with E-state index in [1.165, 1.54) is 0 Å². The molecular formula is C10H9Cl2N3O. The smallest absolute Gasteiger partial charge is 0.255 e. The first kappa shape index (κ1) is 11.4. The van der Waals surface area contributed by atoms with Crippen LogP contribution in [0.1, 0.15) is 21.7 Å². The van der Waals surface area contributed by atoms with Gasteiger partial charge in [0.2, 0.25) is 0 Å². The highest BCUT2D eigenvalue weighted by Crippen LogP contribution is 2.30. The number of aryl methyl sites for hydroxylation is 3. The predicted octanol–water partition coefficient (Wildman–Crippen LogP) is 2.62. The molecule has 4 nitrogen and oxygen atoms in total. The number of carbonyl (C=O) groups is 1. The third kappa shape index (κ3) is 1.49. The third-order valence-corrected chi connectivity index (χ3v) is 3.03. The molecule has 2 aromatic heterocycles. The normalized spacial score (nSPS) is 11.1. The summed E-state index contributed by atoms with van der Waals surface area (Å²) < 4.78 is 1.63. The van der Waals surface area contributed by atoms with Crippen LogP contribution in [0.3, 0.4) is 0 Å². The number of halogens is 2. The first-order chi connectivity index (χ1) is 7.43. The molecule has 84 valence electrons. The Hall–Kier alpha value is -1.13. The zero-order valence-corrected chi connectivity index (χ0v) is 10.5. The maximum atomic E-state index is 11.3. The number of nitrogens with zero attached hydrogens (tertiary/aromatic N) is 3. The van der Waals surface area contributed by atoms with Gasteiger partial charge in [-0.05, 0) is 25.4 Å². The van der Waals surface area contributed by atoms with Crippen LogP contribution in [0.25, 0.3) is 11.0 Å². The van der Waals surface area contributed by atoms with Gasteiger partial charge in [-0.1, -0.05) is 11.6 Å². The summed E-state index contributed by atoms with van der Waals surface area (Å²) in [5, 5.41) is 4.62. The van der Waals surface area contributed by atoms with Crippen LogP contribution >= 0.6 is 23.2 Å². The van der Waals surface area contributed by atoms with Gasteiger partial charge in [0.05, 0.1) is 27.4 Å². The monoisotopic (exact) mass is 257 g/mol. The minimum Gasteiger partial charge on any atom is -0.275 e. The van der Waals surface area contributed by atoms with Crippen LogP contribution in [0.5, 0.6) is 0 Å². The predicted molar refractivity (Wildman–Crippen MR) is 63.2 cm³/mol. The van der Waals surface area contributed by atoms with Crippen molar-refractivity contribution in [3.8, 4) is 0 Å². The second-order valence-corrected chi connectivity index (χ2v) is 4.29. The number of fused-ring (bicyclic) bond motifs is 1. The lowest BCUT2D eigenvalue weighted by atomic mass is 10.1. The standard InChI is InChI=1S/C10H9Cl2N3O/c1-4-6(9(12)16)8(11)7-5(2)14-15(3)10(7)13-4/h1-3H3. The number of aromatic nitrogens is 3. The lowest BCUT2D eigenvalue weighted by Crippen LogP contribution is -2.01. The first-order valence-corrected chi connectivity index (χ1v) is 5.38. The molecule has 0 amide bonds. The van der Waals surface area contributed by atoms with Crippen molar-refractivity contribution in [3.05, 3.63) is 22.0 Å². The van der Waals surface area contributed by atoms with Gasteiger partial charge in [-0.25, -0.2) is 4.98 Å². The van der Waals surface area contributed by atoms with Crippen molar-refractivity contribution in [3.63, 3.8) is 0 Å². The van der Waals surface area contributed by atoms with E-state index >= 15 is 0 Å². The molecule has 0 aliphatic carbocycles. The molecule has 0 aliphatic heterocycles. The van der Waals surface area contributed by atoms with Crippen LogP contribution in [-0.2, 0) is 7.05 Å². The molecular weight excluding hydrogens is 249 g/mol. The van der Waals surface area contributed by atoms with Gasteiger partial charge >= 0.3 is 0 Å². The number of hydrogen-bond acceptors (Lipinski definition) is 3. The van der Waals surface area contributed by atoms with Gasteiger partial charge in [-0.2, -0.15) is 5.10 Å². The lowest BCUT2D eigenvalue weighted by molar-refractivity contribution is 0.108. The van der Waals surface area contributed by atoms with Crippen LogP contribution < -0.4 is 0 Å². The van der Waals surface area contributed by atoms with Crippen molar-refractivity contribution in [1.29, 1.82) is 0 Å². The summed E-state index contributed by atoms with van der Waals surface area (Å²) in [4.78, 5) is 15.6. The Morgan fingerprint density at radius 3 is 2.50 bits per heavy atom. The van der Waals surface area contributed by atoms with Gasteiger partial charge in [-0.15, -0.1) is 0 Å². The van der Waals surface area contributed by atoms with Crippen molar-refractivity contribution in [2.75, 3.05) is 0 Å². The Labute approximate surface area is 102 Å². The summed E-state index contributed by atoms with van der Waals surface area (Å²) in [5.41, 5.74) is 2.16. The summed E-state index contributed by atoms with van der Waals surface area (Å²) in [5.74, 6) is 0. The molecule has 0 N–H and O–H groups in total. The SMILES string of the molecule is Cc1nc2c(c(C)nn2C)c(Cl)c1C(=O)Cl. The summed E-state index contributed by atoms with van der Waals surface area (Å²) >= 11 is 11.6. The fourth-order valence-electron chi connectivity index (χ4n) is 1.76. The van der Waals surface area contributed by atoms with Crippen molar-refractivity contribution >= 4 is 39.5 Å². The molecule has 0 saturated heterocycles. The van der Waals surface area contributed by atoms with Crippen LogP contribution in [0, 0.1) is 13.8 Å². The first-order valence-electron chi connectivity index (χ1n) is 4.62. The summed E-state index contributed by atoms with van der Waals surface area (Å²) in [6.45, 7) is 3.51. The van der Waals surface area contributed by atoms with Crippen molar-refractivity contribution in [1.82, 2.24) is 14.8 Å². The Balaban J connectivity index is 2.98. The fourth-order valence-corrected chi connectivity index (χ4v) is 2.48. The highest BCUT2D eigenvalue weighted by atomic mass is 35.5. The number of rotatable bonds is 1. The summed E-state index contributed by atoms with van der Waals surface area (Å²) in [6, 6.07) is 0. The van der Waals surface area contributed by atoms with E-state index in [0.717, 1.165) is 5.69 Å². The summed E-state index contributed by atoms with van der Waals surface area (Å²) in [7, 11) is 1.78. The Bertz CT molecular complexity index is 604. The molecule has 0 aliphatic rings. The third-order valence-electron chi connectivity index (χ3n) is 2.46. The van der Waals surface area contributed by atoms with E-state index in [1.807, 2.05) is 6.92 Å². The minimum atomic E-state index is -0.597. The Kier molecular flexibility index (Phi) is 2.64. The van der Waals surface area contributed by atoms with Crippen LogP contribution in [0.2, 0.25) is 5.02 Å². The fraction of sp³-hybridized carbons (Fsp3) is 0.300. The molecule has 0 unspecified atom stereocenters. The molecule has 0 spiro atoms. The number of hydrogen-bond donors (Lipinski definition) is 0. The molecule has 0 radical (unpaired) electrons. The van der Waals surface area contributed by atoms with E-state index in [9.17, 15) is 4.79 Å². The molecule has 6 heteroatoms. The van der Waals surface area contributed by atoms with Crippen LogP contribution in [0.15, 0.2) is 0 Å². The van der Waals surface area contributed by atoms with Crippen molar-refractivity contribution in [2.45, 2.75) is 13.8 Å². The topological polar surface area (TPSA) is 47.8 Å². The van der Waals surface area contributed by atoms with Gasteiger partial charge in [0, 0.05) is 7.05 Å². The van der Waals surface area contributed by atoms with E-state index in [-0.39, 0.29) is 5.56 Å². The molecule has 2 aromatic rings. The maximum Gasteiger partial charge on any atom is 0.255 e. The maximum absolute atomic E-state index is 11.3. The summed E-state index contributed by atoms with van der Waals surface area (Å²) in [6.07, 6.45) is 0. The molecule has 0 fully saturated rings. The van der Waals surface area contributed by atoms with Gasteiger partial charge in [0.15, 0.2) is 5.65 Å². The largest absolute Gasteiger partial charge is 0.275 e. The van der Waals surface area contributed by atoms with Crippen LogP contribution in [-0.4, -0.2) is 20.0 Å². The second kappa shape index (κ2) is 3.71. The Morgan fingerprint density at radius 1 is 1.31 bits per heavy atom. The highest BCUT2D eigenvalue weighted by molar-refractivity contribution is 6.69. The van der Waals surface area contributed by atoms with Crippen molar-refractivity contribution < 1.29 is 4.79 Å². The van der Waals surface area contributed by atoms with E-state index in [2.05, 4.69) is 10.1 Å². The average molecular weight is 258 g/mol. The zero-order chi connectivity index (χ0) is 12.0. The van der Waals surface area contributed by atoms with Crippen molar-refractivity contribution in [2.24, 2.45) is 7.05 Å². The van der Waals surface area contributed by atoms with E-state index in [1.54, 1.807) is 18.7 Å². The molecule has 2 rings (SSSR count). The zero-order valence-electron chi connectivity index (χ0n) is 9.01. The van der Waals surface area contributed by atoms with E-state index < -0.39 is 5.24 Å². The quantitative estimate of drug-likeness (QED) is 0.738. The van der Waals surface area contributed by atoms with E-state index in [0.29, 0.717) is 21.7 Å².